The predicted molar refractivity (Wildman–Crippen MR) is 269 cm³/mol. The first-order valence-electron chi connectivity index (χ1n) is 22.6. The maximum atomic E-state index is 13.8. The fourth-order valence-electron chi connectivity index (χ4n) is 9.90. The average Bonchev–Trinajstić information content (AvgIpc) is 3.78. The monoisotopic (exact) mass is 920 g/mol. The fraction of sp³-hybridized carbons (Fsp3) is 0.286. The molecule has 65 heavy (non-hydrogen) atoms. The molecule has 0 amide bonds. The Labute approximate surface area is 390 Å². The van der Waals surface area contributed by atoms with Gasteiger partial charge >= 0.3 is 0 Å². The minimum Gasteiger partial charge on any atom is -0.399 e. The maximum absolute atomic E-state index is 13.8. The van der Waals surface area contributed by atoms with Crippen molar-refractivity contribution in [3.63, 3.8) is 0 Å². The van der Waals surface area contributed by atoms with Crippen molar-refractivity contribution in [3.8, 4) is 10.4 Å². The zero-order valence-corrected chi connectivity index (χ0v) is 41.3. The van der Waals surface area contributed by atoms with E-state index in [0.29, 0.717) is 6.42 Å². The smallest absolute Gasteiger partial charge is 0.261 e. The molecule has 5 nitrogen and oxygen atoms in total. The van der Waals surface area contributed by atoms with E-state index in [1.54, 1.807) is 11.3 Å². The number of thiophene rings is 1. The molecule has 1 saturated heterocycles. The molecule has 0 saturated carbocycles. The molecular weight excluding hydrogens is 860 g/mol. The maximum Gasteiger partial charge on any atom is 0.261 e. The van der Waals surface area contributed by atoms with E-state index in [-0.39, 0.29) is 12.4 Å². The molecule has 2 N–H and O–H groups in total. The van der Waals surface area contributed by atoms with Crippen LogP contribution in [0.5, 0.6) is 0 Å². The van der Waals surface area contributed by atoms with Crippen molar-refractivity contribution in [2.45, 2.75) is 95.5 Å². The molecule has 0 aliphatic carbocycles. The standard InChI is InChI=1S/C56H61FO5SSi2/c1-39-28-29-41(36-42(39)37-44-34-35-50(63-44)40-30-32-43(57)33-31-40)52-54(62-65(56(5,6)7,47-24-16-10-17-25-47)48-26-18-11-19-27-48)51(59)53(49(38-58)60-52)61-64(55(2,3)4,45-20-12-8-13-21-45)46-22-14-9-15-23-46/h8-36,49,51-54,58-59H,37-38H2,1-7H3/t49-,51+,52+,53-,54-/m1/s1. The van der Waals surface area contributed by atoms with Crippen molar-refractivity contribution in [1.29, 1.82) is 0 Å². The number of halogens is 1. The summed E-state index contributed by atoms with van der Waals surface area (Å²) in [6.45, 7) is 15.1. The molecule has 2 heterocycles. The molecular formula is C56H61FO5SSi2. The molecule has 1 fully saturated rings. The lowest BCUT2D eigenvalue weighted by molar-refractivity contribution is -0.222. The van der Waals surface area contributed by atoms with Crippen LogP contribution in [0.1, 0.15) is 69.2 Å². The molecule has 5 atom stereocenters. The van der Waals surface area contributed by atoms with Crippen molar-refractivity contribution in [2.75, 3.05) is 6.61 Å². The minimum absolute atomic E-state index is 0.255. The Morgan fingerprint density at radius 1 is 0.600 bits per heavy atom. The number of hydrogen-bond acceptors (Lipinski definition) is 6. The van der Waals surface area contributed by atoms with Crippen LogP contribution in [0.15, 0.2) is 176 Å². The Morgan fingerprint density at radius 2 is 1.06 bits per heavy atom. The average molecular weight is 921 g/mol. The van der Waals surface area contributed by atoms with Gasteiger partial charge in [0.15, 0.2) is 0 Å². The third kappa shape index (κ3) is 9.18. The Hall–Kier alpha value is -4.82. The summed E-state index contributed by atoms with van der Waals surface area (Å²) in [6, 6.07) is 59.0. The third-order valence-corrected chi connectivity index (χ3v) is 24.4. The summed E-state index contributed by atoms with van der Waals surface area (Å²) >= 11 is 1.69. The van der Waals surface area contributed by atoms with E-state index < -0.39 is 57.2 Å². The van der Waals surface area contributed by atoms with E-state index in [1.165, 1.54) is 17.0 Å². The SMILES string of the molecule is Cc1ccc([C@@H]2O[C@H](CO)[C@@H](O[Si](c3ccccc3)(c3ccccc3)C(C)(C)C)[C@H](O)[C@H]2O[Si](c2ccccc2)(c2ccccc2)C(C)(C)C)cc1Cc1ccc(-c2ccc(F)cc2)s1. The topological polar surface area (TPSA) is 68.2 Å². The summed E-state index contributed by atoms with van der Waals surface area (Å²) in [5.74, 6) is -0.255. The van der Waals surface area contributed by atoms with E-state index in [2.05, 4.69) is 152 Å². The molecule has 7 aromatic rings. The molecule has 0 bridgehead atoms. The van der Waals surface area contributed by atoms with E-state index in [0.717, 1.165) is 47.9 Å². The Balaban J connectivity index is 1.28. The van der Waals surface area contributed by atoms with Gasteiger partial charge in [-0.25, -0.2) is 4.39 Å². The summed E-state index contributed by atoms with van der Waals surface area (Å²) in [4.78, 5) is 2.24. The van der Waals surface area contributed by atoms with Gasteiger partial charge < -0.3 is 23.8 Å². The molecule has 0 spiro atoms. The van der Waals surface area contributed by atoms with Crippen LogP contribution in [0.3, 0.4) is 0 Å². The summed E-state index contributed by atoms with van der Waals surface area (Å²) in [5, 5.41) is 28.4. The van der Waals surface area contributed by atoms with Crippen LogP contribution in [0.4, 0.5) is 4.39 Å². The van der Waals surface area contributed by atoms with Crippen molar-refractivity contribution in [1.82, 2.24) is 0 Å². The first-order valence-corrected chi connectivity index (χ1v) is 27.3. The van der Waals surface area contributed by atoms with Gasteiger partial charge in [0.2, 0.25) is 0 Å². The van der Waals surface area contributed by atoms with Crippen LogP contribution in [-0.2, 0) is 20.0 Å². The molecule has 0 radical (unpaired) electrons. The van der Waals surface area contributed by atoms with Crippen LogP contribution in [0.2, 0.25) is 10.1 Å². The highest BCUT2D eigenvalue weighted by molar-refractivity contribution is 7.15. The van der Waals surface area contributed by atoms with Gasteiger partial charge in [-0.3, -0.25) is 0 Å². The molecule has 1 aliphatic rings. The van der Waals surface area contributed by atoms with Crippen LogP contribution in [0, 0.1) is 12.7 Å². The predicted octanol–water partition coefficient (Wildman–Crippen LogP) is 10.1. The summed E-state index contributed by atoms with van der Waals surface area (Å²) in [7, 11) is -6.61. The van der Waals surface area contributed by atoms with Crippen molar-refractivity contribution < 1.29 is 28.2 Å². The number of aliphatic hydroxyl groups excluding tert-OH is 2. The van der Waals surface area contributed by atoms with Gasteiger partial charge in [-0.2, -0.15) is 0 Å². The second kappa shape index (κ2) is 19.2. The van der Waals surface area contributed by atoms with E-state index in [4.69, 9.17) is 13.6 Å². The zero-order valence-electron chi connectivity index (χ0n) is 38.4. The molecule has 1 aliphatic heterocycles. The number of hydrogen-bond donors (Lipinski definition) is 2. The number of benzene rings is 6. The molecule has 8 rings (SSSR count). The highest BCUT2D eigenvalue weighted by Crippen LogP contribution is 2.46. The van der Waals surface area contributed by atoms with Gasteiger partial charge in [-0.15, -0.1) is 11.3 Å². The Kier molecular flexibility index (Phi) is 13.8. The fourth-order valence-corrected chi connectivity index (χ4v) is 20.3. The Bertz CT molecular complexity index is 2550. The number of ether oxygens (including phenoxy) is 1. The highest BCUT2D eigenvalue weighted by Gasteiger charge is 2.59. The normalized spacial score (nSPS) is 19.6. The quantitative estimate of drug-likeness (QED) is 0.113. The summed E-state index contributed by atoms with van der Waals surface area (Å²) in [6.07, 6.45) is -4.11. The van der Waals surface area contributed by atoms with Gasteiger partial charge in [0.1, 0.15) is 36.3 Å². The lowest BCUT2D eigenvalue weighted by atomic mass is 9.89. The van der Waals surface area contributed by atoms with E-state index in [1.807, 2.05) is 60.7 Å². The number of aliphatic hydroxyl groups is 2. The number of rotatable bonds is 13. The van der Waals surface area contributed by atoms with Crippen LogP contribution in [-0.4, -0.2) is 57.9 Å². The second-order valence-corrected chi connectivity index (χ2v) is 29.1. The lowest BCUT2D eigenvalue weighted by Gasteiger charge is -2.53. The molecule has 9 heteroatoms. The molecule has 336 valence electrons. The van der Waals surface area contributed by atoms with Crippen LogP contribution >= 0.6 is 11.3 Å². The largest absolute Gasteiger partial charge is 0.399 e. The lowest BCUT2D eigenvalue weighted by Crippen LogP contribution is -2.73. The van der Waals surface area contributed by atoms with E-state index in [9.17, 15) is 14.6 Å². The van der Waals surface area contributed by atoms with Gasteiger partial charge in [-0.1, -0.05) is 193 Å². The van der Waals surface area contributed by atoms with Crippen LogP contribution in [0.25, 0.3) is 10.4 Å². The minimum atomic E-state index is -3.33. The summed E-state index contributed by atoms with van der Waals surface area (Å²) < 4.78 is 36.8. The van der Waals surface area contributed by atoms with Crippen LogP contribution < -0.4 is 20.7 Å². The second-order valence-electron chi connectivity index (χ2n) is 19.4. The van der Waals surface area contributed by atoms with Gasteiger partial charge in [0.05, 0.1) is 6.61 Å². The first-order chi connectivity index (χ1) is 31.2. The van der Waals surface area contributed by atoms with Crippen molar-refractivity contribution >= 4 is 48.7 Å². The number of aryl methyl sites for hydroxylation is 1. The molecule has 0 unspecified atom stereocenters. The molecule has 1 aromatic heterocycles. The van der Waals surface area contributed by atoms with Crippen molar-refractivity contribution in [2.24, 2.45) is 0 Å². The van der Waals surface area contributed by atoms with E-state index >= 15 is 0 Å². The Morgan fingerprint density at radius 3 is 1.51 bits per heavy atom. The first kappa shape index (κ1) is 46.7. The van der Waals surface area contributed by atoms with Gasteiger partial charge in [-0.05, 0) is 84.3 Å². The third-order valence-electron chi connectivity index (χ3n) is 13.2. The highest BCUT2D eigenvalue weighted by atomic mass is 32.1. The molecule has 6 aromatic carbocycles. The van der Waals surface area contributed by atoms with Crippen molar-refractivity contribution in [3.05, 3.63) is 203 Å². The summed E-state index contributed by atoms with van der Waals surface area (Å²) in [5.41, 5.74) is 4.07. The van der Waals surface area contributed by atoms with Gasteiger partial charge in [0, 0.05) is 16.2 Å². The zero-order chi connectivity index (χ0) is 46.0. The van der Waals surface area contributed by atoms with Gasteiger partial charge in [0.25, 0.3) is 16.6 Å².